The molecule has 146 valence electrons. The van der Waals surface area contributed by atoms with E-state index in [2.05, 4.69) is 22.4 Å². The van der Waals surface area contributed by atoms with E-state index in [0.29, 0.717) is 18.3 Å². The van der Waals surface area contributed by atoms with Gasteiger partial charge in [0, 0.05) is 12.0 Å². The largest absolute Gasteiger partial charge is 0.493 e. The van der Waals surface area contributed by atoms with Crippen molar-refractivity contribution in [2.45, 2.75) is 44.7 Å². The average Bonchev–Trinajstić information content (AvgIpc) is 3.16. The lowest BCUT2D eigenvalue weighted by molar-refractivity contribution is -0.386. The zero-order chi connectivity index (χ0) is 19.0. The molecule has 8 heteroatoms. The molecule has 0 radical (unpaired) electrons. The highest BCUT2D eigenvalue weighted by molar-refractivity contribution is 5.95. The van der Waals surface area contributed by atoms with Gasteiger partial charge in [0.15, 0.2) is 5.75 Å². The second kappa shape index (κ2) is 7.34. The van der Waals surface area contributed by atoms with Crippen molar-refractivity contribution >= 4 is 11.4 Å². The zero-order valence-corrected chi connectivity index (χ0v) is 15.8. The zero-order valence-electron chi connectivity index (χ0n) is 15.8. The Hall–Kier alpha value is -2.35. The molecule has 2 unspecified atom stereocenters. The standard InChI is InChI=1S/C19H26N4O4/c1-3-4-9-27-19-14(23(24)25)10-13(11-15(19)26-2)17-18-16(20-21-17)12-5-7-22(18)8-6-12/h10-12,17-18,21H,3-9H2,1-2H3. The number of methoxy groups -OCH3 is 1. The fraction of sp³-hybridized carbons (Fsp3) is 0.632. The maximum atomic E-state index is 11.7. The Morgan fingerprint density at radius 1 is 1.37 bits per heavy atom. The van der Waals surface area contributed by atoms with Crippen molar-refractivity contribution < 1.29 is 14.4 Å². The molecule has 1 aromatic carbocycles. The summed E-state index contributed by atoms with van der Waals surface area (Å²) in [6, 6.07) is 3.55. The quantitative estimate of drug-likeness (QED) is 0.448. The lowest BCUT2D eigenvalue weighted by Crippen LogP contribution is -2.56. The predicted octanol–water partition coefficient (Wildman–Crippen LogP) is 2.88. The molecule has 1 N–H and O–H groups in total. The minimum Gasteiger partial charge on any atom is -0.493 e. The summed E-state index contributed by atoms with van der Waals surface area (Å²) < 4.78 is 11.2. The highest BCUT2D eigenvalue weighted by Crippen LogP contribution is 2.44. The maximum Gasteiger partial charge on any atom is 0.315 e. The first-order valence-electron chi connectivity index (χ1n) is 9.70. The fourth-order valence-electron chi connectivity index (χ4n) is 4.45. The first kappa shape index (κ1) is 18.0. The van der Waals surface area contributed by atoms with Gasteiger partial charge in [-0.1, -0.05) is 13.3 Å². The molecule has 0 amide bonds. The van der Waals surface area contributed by atoms with Gasteiger partial charge >= 0.3 is 5.69 Å². The van der Waals surface area contributed by atoms with Gasteiger partial charge in [-0.05, 0) is 44.0 Å². The lowest BCUT2D eigenvalue weighted by Gasteiger charge is -2.45. The average molecular weight is 374 g/mol. The monoisotopic (exact) mass is 374 g/mol. The number of fused-ring (bicyclic) bond motifs is 2. The van der Waals surface area contributed by atoms with Gasteiger partial charge in [0.25, 0.3) is 0 Å². The van der Waals surface area contributed by atoms with Crippen molar-refractivity contribution in [3.05, 3.63) is 27.8 Å². The van der Waals surface area contributed by atoms with Gasteiger partial charge in [0.2, 0.25) is 5.75 Å². The van der Waals surface area contributed by atoms with Gasteiger partial charge in [-0.15, -0.1) is 0 Å². The van der Waals surface area contributed by atoms with E-state index in [1.807, 2.05) is 6.07 Å². The van der Waals surface area contributed by atoms with Gasteiger partial charge in [-0.25, -0.2) is 0 Å². The van der Waals surface area contributed by atoms with Crippen molar-refractivity contribution in [2.24, 2.45) is 11.0 Å². The van der Waals surface area contributed by atoms with E-state index in [1.54, 1.807) is 6.07 Å². The molecule has 3 fully saturated rings. The third-order valence-corrected chi connectivity index (χ3v) is 5.87. The number of ether oxygens (including phenoxy) is 2. The normalized spacial score (nSPS) is 28.3. The van der Waals surface area contributed by atoms with Crippen molar-refractivity contribution in [1.82, 2.24) is 10.3 Å². The third-order valence-electron chi connectivity index (χ3n) is 5.87. The number of hydrazone groups is 1. The van der Waals surface area contributed by atoms with Crippen LogP contribution in [0, 0.1) is 16.0 Å². The molecule has 8 nitrogen and oxygen atoms in total. The second-order valence-corrected chi connectivity index (χ2v) is 7.43. The van der Waals surface area contributed by atoms with Crippen LogP contribution < -0.4 is 14.9 Å². The molecule has 1 aromatic rings. The molecule has 2 bridgehead atoms. The van der Waals surface area contributed by atoms with E-state index < -0.39 is 4.92 Å². The van der Waals surface area contributed by atoms with Crippen molar-refractivity contribution in [3.8, 4) is 11.5 Å². The van der Waals surface area contributed by atoms with E-state index in [9.17, 15) is 10.1 Å². The van der Waals surface area contributed by atoms with E-state index in [1.165, 1.54) is 12.8 Å². The Morgan fingerprint density at radius 3 is 2.81 bits per heavy atom. The van der Waals surface area contributed by atoms with Gasteiger partial charge in [0.05, 0.1) is 36.4 Å². The van der Waals surface area contributed by atoms with Crippen LogP contribution in [0.1, 0.15) is 44.2 Å². The highest BCUT2D eigenvalue weighted by atomic mass is 16.6. The summed E-state index contributed by atoms with van der Waals surface area (Å²) in [5, 5.41) is 16.3. The van der Waals surface area contributed by atoms with Gasteiger partial charge in [0.1, 0.15) is 0 Å². The molecule has 0 saturated carbocycles. The number of hydrogen-bond donors (Lipinski definition) is 1. The van der Waals surface area contributed by atoms with Crippen LogP contribution in [0.4, 0.5) is 5.69 Å². The van der Waals surface area contributed by atoms with E-state index in [-0.39, 0.29) is 23.5 Å². The smallest absolute Gasteiger partial charge is 0.315 e. The molecular formula is C19H26N4O4. The minimum absolute atomic E-state index is 0.0494. The summed E-state index contributed by atoms with van der Waals surface area (Å²) in [5.74, 6) is 1.15. The number of nitro groups is 1. The van der Waals surface area contributed by atoms with Crippen LogP contribution in [-0.4, -0.2) is 48.4 Å². The van der Waals surface area contributed by atoms with Gasteiger partial charge in [-0.3, -0.25) is 15.0 Å². The number of piperidine rings is 3. The lowest BCUT2D eigenvalue weighted by atomic mass is 9.78. The molecule has 3 saturated heterocycles. The second-order valence-electron chi connectivity index (χ2n) is 7.43. The Morgan fingerprint density at radius 2 is 2.15 bits per heavy atom. The molecule has 0 aliphatic carbocycles. The number of hydrogen-bond acceptors (Lipinski definition) is 7. The van der Waals surface area contributed by atoms with Gasteiger partial charge in [-0.2, -0.15) is 5.10 Å². The summed E-state index contributed by atoms with van der Waals surface area (Å²) >= 11 is 0. The Kier molecular flexibility index (Phi) is 4.90. The predicted molar refractivity (Wildman–Crippen MR) is 101 cm³/mol. The first-order valence-corrected chi connectivity index (χ1v) is 9.70. The Balaban J connectivity index is 1.67. The number of benzene rings is 1. The highest BCUT2D eigenvalue weighted by Gasteiger charge is 2.47. The summed E-state index contributed by atoms with van der Waals surface area (Å²) in [7, 11) is 1.52. The van der Waals surface area contributed by atoms with Crippen LogP contribution in [-0.2, 0) is 0 Å². The molecule has 5 rings (SSSR count). The van der Waals surface area contributed by atoms with Crippen LogP contribution in [0.5, 0.6) is 11.5 Å². The van der Waals surface area contributed by atoms with E-state index in [4.69, 9.17) is 9.47 Å². The molecular weight excluding hydrogens is 348 g/mol. The van der Waals surface area contributed by atoms with Crippen LogP contribution in [0.3, 0.4) is 0 Å². The van der Waals surface area contributed by atoms with Gasteiger partial charge < -0.3 is 14.9 Å². The van der Waals surface area contributed by atoms with Crippen molar-refractivity contribution in [2.75, 3.05) is 26.8 Å². The van der Waals surface area contributed by atoms with E-state index in [0.717, 1.165) is 44.3 Å². The minimum atomic E-state index is -0.392. The summed E-state index contributed by atoms with van der Waals surface area (Å²) in [6.07, 6.45) is 4.09. The fourth-order valence-corrected chi connectivity index (χ4v) is 4.45. The summed E-state index contributed by atoms with van der Waals surface area (Å²) in [6.45, 7) is 4.60. The number of nitro benzene ring substituents is 1. The molecule has 0 spiro atoms. The SMILES string of the molecule is CCCCOc1c(OC)cc(C2NN=C3C4CCN(CC4)C32)cc1[N+](=O)[O-]. The van der Waals surface area contributed by atoms with Crippen molar-refractivity contribution in [1.29, 1.82) is 0 Å². The van der Waals surface area contributed by atoms with Crippen LogP contribution >= 0.6 is 0 Å². The molecule has 4 aliphatic rings. The summed E-state index contributed by atoms with van der Waals surface area (Å²) in [5.41, 5.74) is 5.20. The topological polar surface area (TPSA) is 89.2 Å². The molecule has 4 heterocycles. The van der Waals surface area contributed by atoms with Crippen LogP contribution in [0.2, 0.25) is 0 Å². The third kappa shape index (κ3) is 3.12. The molecule has 2 atom stereocenters. The molecule has 4 aliphatic heterocycles. The van der Waals surface area contributed by atoms with Crippen LogP contribution in [0.25, 0.3) is 0 Å². The Bertz CT molecular complexity index is 758. The Labute approximate surface area is 158 Å². The molecule has 0 aromatic heterocycles. The van der Waals surface area contributed by atoms with Crippen LogP contribution in [0.15, 0.2) is 17.2 Å². The number of rotatable bonds is 7. The number of unbranched alkanes of at least 4 members (excludes halogenated alkanes) is 1. The first-order chi connectivity index (χ1) is 13.1. The maximum absolute atomic E-state index is 11.7. The van der Waals surface area contributed by atoms with Crippen molar-refractivity contribution in [3.63, 3.8) is 0 Å². The molecule has 27 heavy (non-hydrogen) atoms. The number of nitrogens with zero attached hydrogens (tertiary/aromatic N) is 3. The number of nitrogens with one attached hydrogen (secondary N) is 1. The van der Waals surface area contributed by atoms with E-state index >= 15 is 0 Å². The summed E-state index contributed by atoms with van der Waals surface area (Å²) in [4.78, 5) is 13.8.